The highest BCUT2D eigenvalue weighted by atomic mass is 16.6. The lowest BCUT2D eigenvalue weighted by Gasteiger charge is -2.30. The molecule has 1 fully saturated rings. The zero-order valence-corrected chi connectivity index (χ0v) is 15.0. The van der Waals surface area contributed by atoms with Crippen LogP contribution in [0.2, 0.25) is 0 Å². The minimum atomic E-state index is -0.281. The number of aromatic nitrogens is 2. The summed E-state index contributed by atoms with van der Waals surface area (Å²) in [5.74, 6) is 1.08. The third kappa shape index (κ3) is 4.97. The molecular weight excluding hydrogens is 308 g/mol. The molecule has 1 aliphatic rings. The van der Waals surface area contributed by atoms with Gasteiger partial charge in [-0.15, -0.1) is 0 Å². The van der Waals surface area contributed by atoms with Crippen LogP contribution in [0, 0.1) is 11.8 Å². The monoisotopic (exact) mass is 336 g/mol. The van der Waals surface area contributed by atoms with Crippen molar-refractivity contribution in [3.05, 3.63) is 11.8 Å². The second-order valence-electron chi connectivity index (χ2n) is 7.08. The van der Waals surface area contributed by atoms with Crippen molar-refractivity contribution in [1.82, 2.24) is 15.1 Å². The number of amides is 2. The van der Waals surface area contributed by atoms with Crippen molar-refractivity contribution in [1.29, 1.82) is 0 Å². The Labute approximate surface area is 143 Å². The highest BCUT2D eigenvalue weighted by molar-refractivity contribution is 5.91. The molecule has 24 heavy (non-hydrogen) atoms. The van der Waals surface area contributed by atoms with Gasteiger partial charge in [0.25, 0.3) is 0 Å². The van der Waals surface area contributed by atoms with E-state index in [2.05, 4.69) is 29.4 Å². The lowest BCUT2D eigenvalue weighted by molar-refractivity contribution is -0.121. The zero-order chi connectivity index (χ0) is 17.7. The molecule has 0 atom stereocenters. The van der Waals surface area contributed by atoms with Crippen LogP contribution in [0.3, 0.4) is 0 Å². The molecule has 0 spiro atoms. The normalized spacial score (nSPS) is 15.8. The molecule has 2 rings (SSSR count). The first-order valence-corrected chi connectivity index (χ1v) is 8.64. The number of aromatic amines is 1. The first-order chi connectivity index (χ1) is 11.4. The van der Waals surface area contributed by atoms with Gasteiger partial charge in [-0.2, -0.15) is 5.10 Å². The SMILES string of the molecule is CC(C)COC(=O)N1CCC(C(=O)Nc2cc(C(C)C)[nH]n2)CC1. The van der Waals surface area contributed by atoms with Gasteiger partial charge >= 0.3 is 6.09 Å². The van der Waals surface area contributed by atoms with E-state index in [-0.39, 0.29) is 17.9 Å². The minimum Gasteiger partial charge on any atom is -0.449 e. The Balaban J connectivity index is 1.78. The van der Waals surface area contributed by atoms with E-state index in [0.29, 0.717) is 50.2 Å². The van der Waals surface area contributed by atoms with E-state index < -0.39 is 0 Å². The minimum absolute atomic E-state index is 0.0352. The van der Waals surface area contributed by atoms with Gasteiger partial charge in [-0.05, 0) is 24.7 Å². The Morgan fingerprint density at radius 1 is 1.33 bits per heavy atom. The van der Waals surface area contributed by atoms with E-state index in [1.165, 1.54) is 0 Å². The Bertz CT molecular complexity index is 560. The van der Waals surface area contributed by atoms with E-state index >= 15 is 0 Å². The molecule has 0 radical (unpaired) electrons. The summed E-state index contributed by atoms with van der Waals surface area (Å²) in [5, 5.41) is 9.89. The number of hydrogen-bond donors (Lipinski definition) is 2. The number of likely N-dealkylation sites (tertiary alicyclic amines) is 1. The number of rotatable bonds is 5. The maximum absolute atomic E-state index is 12.3. The highest BCUT2D eigenvalue weighted by Crippen LogP contribution is 2.21. The van der Waals surface area contributed by atoms with E-state index in [1.807, 2.05) is 19.9 Å². The first kappa shape index (κ1) is 18.3. The van der Waals surface area contributed by atoms with E-state index in [1.54, 1.807) is 4.90 Å². The Morgan fingerprint density at radius 2 is 2.00 bits per heavy atom. The molecule has 0 aromatic carbocycles. The molecule has 7 nitrogen and oxygen atoms in total. The van der Waals surface area contributed by atoms with Crippen molar-refractivity contribution in [2.24, 2.45) is 11.8 Å². The fourth-order valence-corrected chi connectivity index (χ4v) is 2.58. The van der Waals surface area contributed by atoms with Gasteiger partial charge in [-0.3, -0.25) is 9.89 Å². The summed E-state index contributed by atoms with van der Waals surface area (Å²) in [6, 6.07) is 1.86. The molecule has 1 aliphatic heterocycles. The van der Waals surface area contributed by atoms with Crippen molar-refractivity contribution in [3.8, 4) is 0 Å². The molecule has 0 bridgehead atoms. The summed E-state index contributed by atoms with van der Waals surface area (Å²) in [6.45, 7) is 9.66. The predicted molar refractivity (Wildman–Crippen MR) is 91.8 cm³/mol. The lowest BCUT2D eigenvalue weighted by atomic mass is 9.96. The maximum Gasteiger partial charge on any atom is 0.409 e. The lowest BCUT2D eigenvalue weighted by Crippen LogP contribution is -2.42. The number of ether oxygens (including phenoxy) is 1. The van der Waals surface area contributed by atoms with Crippen molar-refractivity contribution < 1.29 is 14.3 Å². The Morgan fingerprint density at radius 3 is 2.54 bits per heavy atom. The van der Waals surface area contributed by atoms with Gasteiger partial charge in [0.2, 0.25) is 5.91 Å². The van der Waals surface area contributed by atoms with Crippen LogP contribution in [-0.4, -0.2) is 46.8 Å². The molecule has 1 aromatic heterocycles. The Hall–Kier alpha value is -2.05. The van der Waals surface area contributed by atoms with Gasteiger partial charge in [-0.25, -0.2) is 4.79 Å². The van der Waals surface area contributed by atoms with E-state index in [4.69, 9.17) is 4.74 Å². The summed E-state index contributed by atoms with van der Waals surface area (Å²) >= 11 is 0. The highest BCUT2D eigenvalue weighted by Gasteiger charge is 2.28. The number of hydrogen-bond acceptors (Lipinski definition) is 4. The molecule has 1 saturated heterocycles. The van der Waals surface area contributed by atoms with Crippen molar-refractivity contribution in [2.45, 2.75) is 46.5 Å². The average Bonchev–Trinajstić information content (AvgIpc) is 3.01. The maximum atomic E-state index is 12.3. The van der Waals surface area contributed by atoms with Gasteiger partial charge in [0.1, 0.15) is 0 Å². The molecular formula is C17H28N4O3. The second kappa shape index (κ2) is 8.17. The van der Waals surface area contributed by atoms with Crippen LogP contribution >= 0.6 is 0 Å². The summed E-state index contributed by atoms with van der Waals surface area (Å²) in [6.07, 6.45) is 1.00. The number of nitrogens with one attached hydrogen (secondary N) is 2. The summed E-state index contributed by atoms with van der Waals surface area (Å²) < 4.78 is 5.23. The zero-order valence-electron chi connectivity index (χ0n) is 15.0. The van der Waals surface area contributed by atoms with Gasteiger partial charge in [0.05, 0.1) is 6.61 Å². The van der Waals surface area contributed by atoms with Crippen LogP contribution in [0.15, 0.2) is 6.07 Å². The molecule has 1 aromatic rings. The predicted octanol–water partition coefficient (Wildman–Crippen LogP) is 2.98. The number of carbonyl (C=O) groups is 2. The second-order valence-corrected chi connectivity index (χ2v) is 7.08. The molecule has 0 saturated carbocycles. The molecule has 0 aliphatic carbocycles. The number of carbonyl (C=O) groups excluding carboxylic acids is 2. The molecule has 2 heterocycles. The average molecular weight is 336 g/mol. The largest absolute Gasteiger partial charge is 0.449 e. The van der Waals surface area contributed by atoms with Gasteiger partial charge in [0.15, 0.2) is 5.82 Å². The van der Waals surface area contributed by atoms with Gasteiger partial charge in [-0.1, -0.05) is 27.7 Å². The van der Waals surface area contributed by atoms with Crippen LogP contribution in [0.1, 0.15) is 52.1 Å². The quantitative estimate of drug-likeness (QED) is 0.865. The molecule has 134 valence electrons. The van der Waals surface area contributed by atoms with Crippen molar-refractivity contribution in [2.75, 3.05) is 25.0 Å². The van der Waals surface area contributed by atoms with Crippen LogP contribution in [0.5, 0.6) is 0 Å². The number of piperidine rings is 1. The summed E-state index contributed by atoms with van der Waals surface area (Å²) in [5.41, 5.74) is 0.994. The first-order valence-electron chi connectivity index (χ1n) is 8.64. The molecule has 2 amide bonds. The molecule has 7 heteroatoms. The number of anilines is 1. The van der Waals surface area contributed by atoms with E-state index in [9.17, 15) is 9.59 Å². The van der Waals surface area contributed by atoms with Gasteiger partial charge in [0, 0.05) is 30.8 Å². The number of H-pyrrole nitrogens is 1. The van der Waals surface area contributed by atoms with Crippen molar-refractivity contribution in [3.63, 3.8) is 0 Å². The number of nitrogens with zero attached hydrogens (tertiary/aromatic N) is 2. The fraction of sp³-hybridized carbons (Fsp3) is 0.706. The van der Waals surface area contributed by atoms with Crippen LogP contribution in [0.25, 0.3) is 0 Å². The van der Waals surface area contributed by atoms with Crippen LogP contribution < -0.4 is 5.32 Å². The van der Waals surface area contributed by atoms with Crippen molar-refractivity contribution >= 4 is 17.8 Å². The summed E-state index contributed by atoms with van der Waals surface area (Å²) in [4.78, 5) is 25.9. The fourth-order valence-electron chi connectivity index (χ4n) is 2.58. The summed E-state index contributed by atoms with van der Waals surface area (Å²) in [7, 11) is 0. The van der Waals surface area contributed by atoms with Crippen LogP contribution in [-0.2, 0) is 9.53 Å². The van der Waals surface area contributed by atoms with Gasteiger partial charge < -0.3 is 15.0 Å². The topological polar surface area (TPSA) is 87.3 Å². The third-order valence-electron chi connectivity index (χ3n) is 4.14. The smallest absolute Gasteiger partial charge is 0.409 e. The third-order valence-corrected chi connectivity index (χ3v) is 4.14. The standard InChI is InChI=1S/C17H28N4O3/c1-11(2)10-24-17(23)21-7-5-13(6-8-21)16(22)18-15-9-14(12(3)4)19-20-15/h9,11-13H,5-8,10H2,1-4H3,(H2,18,19,20,22). The molecule has 0 unspecified atom stereocenters. The molecule has 2 N–H and O–H groups in total. The Kier molecular flexibility index (Phi) is 6.23. The van der Waals surface area contributed by atoms with Crippen LogP contribution in [0.4, 0.5) is 10.6 Å². The van der Waals surface area contributed by atoms with E-state index in [0.717, 1.165) is 5.69 Å².